The first-order valence-corrected chi connectivity index (χ1v) is 5.17. The first-order chi connectivity index (χ1) is 8.02. The Hall–Kier alpha value is -1.54. The summed E-state index contributed by atoms with van der Waals surface area (Å²) in [6.07, 6.45) is -0.505. The number of hydrogen-bond donors (Lipinski definition) is 1. The van der Waals surface area contributed by atoms with E-state index >= 15 is 0 Å². The Kier molecular flexibility index (Phi) is 4.98. The Balaban J connectivity index is 2.65. The fourth-order valence-corrected chi connectivity index (χ4v) is 1.37. The van der Waals surface area contributed by atoms with Crippen molar-refractivity contribution in [2.24, 2.45) is 0 Å². The number of rotatable bonds is 7. The molecule has 0 aromatic carbocycles. The molecule has 1 atom stereocenters. The predicted molar refractivity (Wildman–Crippen MR) is 58.3 cm³/mol. The number of hydrogen-bond acceptors (Lipinski definition) is 6. The minimum atomic E-state index is -0.904. The molecule has 1 heterocycles. The highest BCUT2D eigenvalue weighted by atomic mass is 16.5. The SMILES string of the molecule is COC(CC(=O)O)Cn1nnnc1CN(C)C. The maximum absolute atomic E-state index is 10.6. The number of nitrogens with zero attached hydrogens (tertiary/aromatic N) is 5. The summed E-state index contributed by atoms with van der Waals surface area (Å²) < 4.78 is 6.65. The van der Waals surface area contributed by atoms with Crippen LogP contribution in [0.2, 0.25) is 0 Å². The lowest BCUT2D eigenvalue weighted by Gasteiger charge is -2.14. The summed E-state index contributed by atoms with van der Waals surface area (Å²) in [5.41, 5.74) is 0. The minimum absolute atomic E-state index is 0.0717. The van der Waals surface area contributed by atoms with E-state index in [0.717, 1.165) is 0 Å². The lowest BCUT2D eigenvalue weighted by molar-refractivity contribution is -0.140. The lowest BCUT2D eigenvalue weighted by Crippen LogP contribution is -2.25. The normalized spacial score (nSPS) is 12.9. The molecule has 1 rings (SSSR count). The minimum Gasteiger partial charge on any atom is -0.481 e. The average molecular weight is 243 g/mol. The Morgan fingerprint density at radius 2 is 2.29 bits per heavy atom. The van der Waals surface area contributed by atoms with Crippen LogP contribution in [-0.4, -0.2) is 63.5 Å². The zero-order chi connectivity index (χ0) is 12.8. The van der Waals surface area contributed by atoms with Gasteiger partial charge in [-0.3, -0.25) is 4.79 Å². The fourth-order valence-electron chi connectivity index (χ4n) is 1.37. The molecule has 17 heavy (non-hydrogen) atoms. The summed E-state index contributed by atoms with van der Waals surface area (Å²) in [5, 5.41) is 20.0. The number of aliphatic carboxylic acids is 1. The molecule has 1 unspecified atom stereocenters. The molecule has 0 radical (unpaired) electrons. The molecule has 0 aliphatic rings. The first-order valence-electron chi connectivity index (χ1n) is 5.17. The zero-order valence-electron chi connectivity index (χ0n) is 10.2. The van der Waals surface area contributed by atoms with E-state index in [-0.39, 0.29) is 6.42 Å². The Labute approximate surface area is 99.2 Å². The summed E-state index contributed by atoms with van der Waals surface area (Å²) in [6.45, 7) is 0.926. The number of carbonyl (C=O) groups is 1. The van der Waals surface area contributed by atoms with E-state index in [4.69, 9.17) is 9.84 Å². The van der Waals surface area contributed by atoms with Crippen molar-refractivity contribution in [3.05, 3.63) is 5.82 Å². The molecule has 0 fully saturated rings. The van der Waals surface area contributed by atoms with Gasteiger partial charge in [-0.25, -0.2) is 4.68 Å². The van der Waals surface area contributed by atoms with Gasteiger partial charge in [-0.05, 0) is 24.5 Å². The Bertz CT molecular complexity index is 365. The molecule has 0 aliphatic heterocycles. The maximum Gasteiger partial charge on any atom is 0.306 e. The molecule has 1 aromatic rings. The molecule has 0 aliphatic carbocycles. The van der Waals surface area contributed by atoms with Gasteiger partial charge in [0.1, 0.15) is 0 Å². The first kappa shape index (κ1) is 13.5. The second-order valence-electron chi connectivity index (χ2n) is 3.97. The third kappa shape index (κ3) is 4.45. The molecule has 96 valence electrons. The van der Waals surface area contributed by atoms with Gasteiger partial charge in [-0.2, -0.15) is 0 Å². The molecule has 0 saturated carbocycles. The van der Waals surface area contributed by atoms with Crippen molar-refractivity contribution in [1.82, 2.24) is 25.1 Å². The van der Waals surface area contributed by atoms with E-state index in [1.54, 1.807) is 4.68 Å². The van der Waals surface area contributed by atoms with E-state index in [0.29, 0.717) is 18.9 Å². The van der Waals surface area contributed by atoms with Gasteiger partial charge in [-0.15, -0.1) is 5.10 Å². The van der Waals surface area contributed by atoms with Gasteiger partial charge in [0.15, 0.2) is 5.82 Å². The Morgan fingerprint density at radius 1 is 1.59 bits per heavy atom. The second kappa shape index (κ2) is 6.26. The largest absolute Gasteiger partial charge is 0.481 e. The van der Waals surface area contributed by atoms with Crippen LogP contribution in [0, 0.1) is 0 Å². The number of tetrazole rings is 1. The van der Waals surface area contributed by atoms with Crippen LogP contribution in [0.5, 0.6) is 0 Å². The van der Waals surface area contributed by atoms with Crippen molar-refractivity contribution < 1.29 is 14.6 Å². The van der Waals surface area contributed by atoms with Crippen molar-refractivity contribution in [2.75, 3.05) is 21.2 Å². The van der Waals surface area contributed by atoms with Crippen LogP contribution in [0.3, 0.4) is 0 Å². The van der Waals surface area contributed by atoms with Crippen LogP contribution in [-0.2, 0) is 22.6 Å². The van der Waals surface area contributed by atoms with E-state index < -0.39 is 12.1 Å². The summed E-state index contributed by atoms with van der Waals surface area (Å²) in [7, 11) is 5.29. The van der Waals surface area contributed by atoms with Crippen LogP contribution in [0.25, 0.3) is 0 Å². The highest BCUT2D eigenvalue weighted by molar-refractivity contribution is 5.67. The van der Waals surface area contributed by atoms with Crippen molar-refractivity contribution in [1.29, 1.82) is 0 Å². The number of ether oxygens (including phenoxy) is 1. The molecule has 1 N–H and O–H groups in total. The van der Waals surface area contributed by atoms with Crippen LogP contribution in [0.15, 0.2) is 0 Å². The molecule has 0 saturated heterocycles. The monoisotopic (exact) mass is 243 g/mol. The standard InChI is InChI=1S/C9H17N5O3/c1-13(2)6-8-10-11-12-14(8)5-7(17-3)4-9(15)16/h7H,4-6H2,1-3H3,(H,15,16). The van der Waals surface area contributed by atoms with Crippen molar-refractivity contribution in [3.63, 3.8) is 0 Å². The van der Waals surface area contributed by atoms with E-state index in [2.05, 4.69) is 15.5 Å². The molecule has 0 bridgehead atoms. The third-order valence-corrected chi connectivity index (χ3v) is 2.18. The lowest BCUT2D eigenvalue weighted by atomic mass is 10.2. The van der Waals surface area contributed by atoms with Gasteiger partial charge in [-0.1, -0.05) is 0 Å². The van der Waals surface area contributed by atoms with Crippen LogP contribution < -0.4 is 0 Å². The van der Waals surface area contributed by atoms with Gasteiger partial charge in [0.25, 0.3) is 0 Å². The highest BCUT2D eigenvalue weighted by Gasteiger charge is 2.16. The fraction of sp³-hybridized carbons (Fsp3) is 0.778. The topological polar surface area (TPSA) is 93.4 Å². The van der Waals surface area contributed by atoms with E-state index in [1.165, 1.54) is 7.11 Å². The summed E-state index contributed by atoms with van der Waals surface area (Å²) >= 11 is 0. The number of carboxylic acid groups (broad SMARTS) is 1. The van der Waals surface area contributed by atoms with Crippen molar-refractivity contribution >= 4 is 5.97 Å². The van der Waals surface area contributed by atoms with Gasteiger partial charge < -0.3 is 14.7 Å². The maximum atomic E-state index is 10.6. The smallest absolute Gasteiger partial charge is 0.306 e. The molecular formula is C9H17N5O3. The van der Waals surface area contributed by atoms with E-state index in [9.17, 15) is 4.79 Å². The van der Waals surface area contributed by atoms with Crippen molar-refractivity contribution in [2.45, 2.75) is 25.6 Å². The molecule has 1 aromatic heterocycles. The number of methoxy groups -OCH3 is 1. The Morgan fingerprint density at radius 3 is 2.82 bits per heavy atom. The van der Waals surface area contributed by atoms with Crippen LogP contribution >= 0.6 is 0 Å². The predicted octanol–water partition coefficient (Wildman–Crippen LogP) is -0.776. The highest BCUT2D eigenvalue weighted by Crippen LogP contribution is 2.04. The number of carboxylic acids is 1. The van der Waals surface area contributed by atoms with Crippen LogP contribution in [0.1, 0.15) is 12.2 Å². The van der Waals surface area contributed by atoms with E-state index in [1.807, 2.05) is 19.0 Å². The molecular weight excluding hydrogens is 226 g/mol. The van der Waals surface area contributed by atoms with Gasteiger partial charge >= 0.3 is 5.97 Å². The van der Waals surface area contributed by atoms with Gasteiger partial charge in [0.05, 0.1) is 25.6 Å². The molecule has 8 heteroatoms. The van der Waals surface area contributed by atoms with Crippen LogP contribution in [0.4, 0.5) is 0 Å². The second-order valence-corrected chi connectivity index (χ2v) is 3.97. The summed E-state index contributed by atoms with van der Waals surface area (Å²) in [4.78, 5) is 12.5. The van der Waals surface area contributed by atoms with Gasteiger partial charge in [0.2, 0.25) is 0 Å². The average Bonchev–Trinajstić information content (AvgIpc) is 2.63. The van der Waals surface area contributed by atoms with Gasteiger partial charge in [0, 0.05) is 7.11 Å². The summed E-state index contributed by atoms with van der Waals surface area (Å²) in [6, 6.07) is 0. The molecule has 0 spiro atoms. The molecule has 8 nitrogen and oxygen atoms in total. The zero-order valence-corrected chi connectivity index (χ0v) is 10.2. The summed E-state index contributed by atoms with van der Waals surface area (Å²) in [5.74, 6) is -0.221. The molecule has 0 amide bonds. The van der Waals surface area contributed by atoms with Crippen molar-refractivity contribution in [3.8, 4) is 0 Å². The third-order valence-electron chi connectivity index (χ3n) is 2.18. The quantitative estimate of drug-likeness (QED) is 0.671. The number of aromatic nitrogens is 4.